The van der Waals surface area contributed by atoms with E-state index in [1.807, 2.05) is 32.9 Å². The largest absolute Gasteiger partial charge is 0.322 e. The zero-order chi connectivity index (χ0) is 25.4. The van der Waals surface area contributed by atoms with E-state index < -0.39 is 6.04 Å². The monoisotopic (exact) mass is 479 g/mol. The van der Waals surface area contributed by atoms with Crippen molar-refractivity contribution in [3.63, 3.8) is 0 Å². The molecule has 1 atom stereocenters. The first-order valence-corrected chi connectivity index (χ1v) is 13.7. The molecule has 3 amide bonds. The molecule has 190 valence electrons. The number of amides is 3. The minimum absolute atomic E-state index is 0.0136. The molecule has 0 bridgehead atoms. The number of rotatable bonds is 3. The van der Waals surface area contributed by atoms with E-state index in [0.717, 1.165) is 11.1 Å². The van der Waals surface area contributed by atoms with Crippen LogP contribution < -0.4 is 10.6 Å². The van der Waals surface area contributed by atoms with Crippen LogP contribution in [0.25, 0.3) is 0 Å². The molecule has 5 rings (SSSR count). The molecule has 3 fully saturated rings. The summed E-state index contributed by atoms with van der Waals surface area (Å²) < 4.78 is 0. The second-order valence-corrected chi connectivity index (χ2v) is 10.3. The van der Waals surface area contributed by atoms with Crippen molar-refractivity contribution in [1.82, 2.24) is 15.5 Å². The van der Waals surface area contributed by atoms with Crippen molar-refractivity contribution in [3.05, 3.63) is 34.9 Å². The van der Waals surface area contributed by atoms with Gasteiger partial charge in [-0.05, 0) is 56.1 Å². The Morgan fingerprint density at radius 1 is 0.971 bits per heavy atom. The van der Waals surface area contributed by atoms with E-state index in [1.165, 1.54) is 64.2 Å². The molecule has 2 radical (unpaired) electrons. The molecule has 2 saturated carbocycles. The van der Waals surface area contributed by atoms with Crippen molar-refractivity contribution in [2.45, 2.75) is 122 Å². The Morgan fingerprint density at radius 2 is 1.63 bits per heavy atom. The van der Waals surface area contributed by atoms with Crippen LogP contribution in [0.15, 0.2) is 18.2 Å². The van der Waals surface area contributed by atoms with Crippen molar-refractivity contribution in [2.75, 3.05) is 0 Å². The van der Waals surface area contributed by atoms with Gasteiger partial charge in [-0.1, -0.05) is 70.1 Å². The summed E-state index contributed by atoms with van der Waals surface area (Å²) in [5, 5.41) is 6.01. The lowest BCUT2D eigenvalue weighted by atomic mass is 9.66. The fraction of sp³-hybridized carbons (Fsp3) is 0.679. The van der Waals surface area contributed by atoms with Crippen LogP contribution in [0.1, 0.15) is 112 Å². The van der Waals surface area contributed by atoms with E-state index in [-0.39, 0.29) is 29.6 Å². The van der Waals surface area contributed by atoms with Gasteiger partial charge in [0.2, 0.25) is 11.8 Å². The van der Waals surface area contributed by atoms with Crippen molar-refractivity contribution in [2.24, 2.45) is 0 Å². The third kappa shape index (κ3) is 7.19. The highest BCUT2D eigenvalue weighted by molar-refractivity contribution is 6.15. The third-order valence-electron chi connectivity index (χ3n) is 7.52. The van der Waals surface area contributed by atoms with Gasteiger partial charge < -0.3 is 10.2 Å². The van der Waals surface area contributed by atoms with E-state index in [1.54, 1.807) is 11.0 Å². The zero-order valence-corrected chi connectivity index (χ0v) is 21.8. The van der Waals surface area contributed by atoms with Crippen molar-refractivity contribution < 1.29 is 14.4 Å². The van der Waals surface area contributed by atoms with Crippen LogP contribution >= 0.6 is 0 Å². The Morgan fingerprint density at radius 3 is 2.29 bits per heavy atom. The fourth-order valence-corrected chi connectivity index (χ4v) is 5.68. The molecular weight excluding hydrogens is 437 g/mol. The summed E-state index contributed by atoms with van der Waals surface area (Å²) in [5.74, 6) is -0.750. The van der Waals surface area contributed by atoms with Crippen LogP contribution in [0, 0.1) is 6.92 Å². The Hall–Kier alpha value is -2.15. The summed E-state index contributed by atoms with van der Waals surface area (Å²) >= 11 is 0. The highest BCUT2D eigenvalue weighted by Crippen LogP contribution is 2.29. The number of imide groups is 1. The Balaban J connectivity index is 0.000000190. The van der Waals surface area contributed by atoms with Crippen LogP contribution in [-0.4, -0.2) is 48.0 Å². The van der Waals surface area contributed by atoms with E-state index in [2.05, 4.69) is 10.6 Å². The van der Waals surface area contributed by atoms with E-state index in [0.29, 0.717) is 24.6 Å². The SMILES string of the molecule is CC.Cc1ccc2c(c1)CN(C1CCC(=O)NC1=O)C2=O.[B]C1(NC2CCCCC2)CCCCC1. The molecule has 2 aliphatic heterocycles. The number of benzene rings is 1. The average molecular weight is 479 g/mol. The number of nitrogens with zero attached hydrogens (tertiary/aromatic N) is 1. The molecule has 2 N–H and O–H groups in total. The van der Waals surface area contributed by atoms with Crippen LogP contribution in [0.2, 0.25) is 0 Å². The first kappa shape index (κ1) is 27.4. The molecular formula is C28H42BN3O3. The van der Waals surface area contributed by atoms with Gasteiger partial charge in [0.15, 0.2) is 0 Å². The third-order valence-corrected chi connectivity index (χ3v) is 7.52. The molecule has 0 spiro atoms. The molecule has 2 aliphatic carbocycles. The number of carbonyl (C=O) groups excluding carboxylic acids is 3. The quantitative estimate of drug-likeness (QED) is 0.494. The predicted octanol–water partition coefficient (Wildman–Crippen LogP) is 4.52. The van der Waals surface area contributed by atoms with Crippen LogP contribution in [-0.2, 0) is 16.1 Å². The van der Waals surface area contributed by atoms with Gasteiger partial charge in [-0.15, -0.1) is 0 Å². The van der Waals surface area contributed by atoms with Crippen LogP contribution in [0.5, 0.6) is 0 Å². The molecule has 4 aliphatic rings. The average Bonchev–Trinajstić information content (AvgIpc) is 3.17. The first-order chi connectivity index (χ1) is 16.8. The number of carbonyl (C=O) groups is 3. The van der Waals surface area contributed by atoms with Crippen molar-refractivity contribution in [3.8, 4) is 0 Å². The maximum absolute atomic E-state index is 12.3. The van der Waals surface area contributed by atoms with E-state index >= 15 is 0 Å². The molecule has 1 aromatic carbocycles. The predicted molar refractivity (Wildman–Crippen MR) is 140 cm³/mol. The molecule has 1 saturated heterocycles. The summed E-state index contributed by atoms with van der Waals surface area (Å²) in [6.45, 7) is 6.42. The summed E-state index contributed by atoms with van der Waals surface area (Å²) in [7, 11) is 6.38. The number of nitrogens with one attached hydrogen (secondary N) is 2. The second kappa shape index (κ2) is 12.7. The molecule has 1 unspecified atom stereocenters. The minimum Gasteiger partial charge on any atom is -0.322 e. The normalized spacial score (nSPS) is 23.9. The van der Waals surface area contributed by atoms with E-state index in [9.17, 15) is 14.4 Å². The Kier molecular flexibility index (Phi) is 9.96. The number of hydrogen-bond acceptors (Lipinski definition) is 4. The Bertz CT molecular complexity index is 891. The fourth-order valence-electron chi connectivity index (χ4n) is 5.68. The lowest BCUT2D eigenvalue weighted by Gasteiger charge is -2.40. The summed E-state index contributed by atoms with van der Waals surface area (Å²) in [6, 6.07) is 5.85. The van der Waals surface area contributed by atoms with Crippen molar-refractivity contribution in [1.29, 1.82) is 0 Å². The summed E-state index contributed by atoms with van der Waals surface area (Å²) in [6.07, 6.45) is 14.0. The topological polar surface area (TPSA) is 78.5 Å². The van der Waals surface area contributed by atoms with E-state index in [4.69, 9.17) is 7.85 Å². The summed E-state index contributed by atoms with van der Waals surface area (Å²) in [4.78, 5) is 36.8. The molecule has 2 heterocycles. The molecule has 0 aromatic heterocycles. The van der Waals surface area contributed by atoms with Gasteiger partial charge in [0.25, 0.3) is 5.91 Å². The van der Waals surface area contributed by atoms with Gasteiger partial charge >= 0.3 is 0 Å². The van der Waals surface area contributed by atoms with Gasteiger partial charge in [-0.25, -0.2) is 0 Å². The van der Waals surface area contributed by atoms with Crippen LogP contribution in [0.4, 0.5) is 0 Å². The van der Waals surface area contributed by atoms with Gasteiger partial charge in [-0.2, -0.15) is 0 Å². The van der Waals surface area contributed by atoms with Crippen LogP contribution in [0.3, 0.4) is 0 Å². The highest BCUT2D eigenvalue weighted by Gasteiger charge is 2.38. The second-order valence-electron chi connectivity index (χ2n) is 10.3. The van der Waals surface area contributed by atoms with Gasteiger partial charge in [0.1, 0.15) is 6.04 Å². The van der Waals surface area contributed by atoms with Gasteiger partial charge in [-0.3, -0.25) is 19.7 Å². The number of fused-ring (bicyclic) bond motifs is 1. The maximum atomic E-state index is 12.3. The Labute approximate surface area is 212 Å². The minimum atomic E-state index is -0.530. The standard InChI is InChI=1S/C14H14N2O3.C12H22BN.C2H6/c1-8-2-3-10-9(6-8)7-16(14(10)19)11-4-5-12(17)15-13(11)18;13-12(9-5-2-6-10-12)14-11-7-3-1-4-8-11;1-2/h2-3,6,11H,4-5,7H2,1H3,(H,15,17,18);11,14H,1-10H2;1-2H3. The molecule has 6 nitrogen and oxygen atoms in total. The zero-order valence-electron chi connectivity index (χ0n) is 21.8. The number of piperidine rings is 1. The smallest absolute Gasteiger partial charge is 0.255 e. The molecule has 1 aromatic rings. The van der Waals surface area contributed by atoms with Gasteiger partial charge in [0, 0.05) is 24.6 Å². The number of hydrogen-bond donors (Lipinski definition) is 2. The van der Waals surface area contributed by atoms with Gasteiger partial charge in [0.05, 0.1) is 7.85 Å². The highest BCUT2D eigenvalue weighted by atomic mass is 16.2. The first-order valence-electron chi connectivity index (χ1n) is 13.7. The lowest BCUT2D eigenvalue weighted by molar-refractivity contribution is -0.136. The molecule has 7 heteroatoms. The maximum Gasteiger partial charge on any atom is 0.255 e. The number of aryl methyl sites for hydroxylation is 1. The summed E-state index contributed by atoms with van der Waals surface area (Å²) in [5.41, 5.74) is 2.70. The van der Waals surface area contributed by atoms with Crippen molar-refractivity contribution >= 4 is 25.6 Å². The lowest BCUT2D eigenvalue weighted by Crippen LogP contribution is -2.52. The molecule has 35 heavy (non-hydrogen) atoms.